The first-order chi connectivity index (χ1) is 13.1. The molecular formula is C20H25FN4O2. The maximum Gasteiger partial charge on any atom is 0.272 e. The van der Waals surface area contributed by atoms with Gasteiger partial charge in [0.2, 0.25) is 0 Å². The highest BCUT2D eigenvalue weighted by atomic mass is 19.1. The minimum atomic E-state index is -0.614. The van der Waals surface area contributed by atoms with Gasteiger partial charge in [0.1, 0.15) is 0 Å². The Balaban J connectivity index is 1.64. The molecule has 0 bridgehead atoms. The second-order valence-electron chi connectivity index (χ2n) is 6.75. The quantitative estimate of drug-likeness (QED) is 0.596. The van der Waals surface area contributed by atoms with Gasteiger partial charge in [-0.1, -0.05) is 31.2 Å². The Bertz CT molecular complexity index is 791. The summed E-state index contributed by atoms with van der Waals surface area (Å²) in [7, 11) is 0. The lowest BCUT2D eigenvalue weighted by atomic mass is 10.1. The fraction of sp³-hybridized carbons (Fsp3) is 0.400. The molecule has 0 spiro atoms. The average molecular weight is 372 g/mol. The van der Waals surface area contributed by atoms with E-state index in [0.717, 1.165) is 50.9 Å². The standard InChI is InChI=1S/C20H25FN4O2/c1-2-23-9-11-24(12-10-23)15-17-6-4-3-5-16(17)14-22-20-8-7-18(25(26)27)13-19(20)21/h3-8,13,22H,2,9-12,14-15H2,1H3. The average Bonchev–Trinajstić information content (AvgIpc) is 2.68. The molecule has 6 nitrogen and oxygen atoms in total. The predicted molar refractivity (Wildman–Crippen MR) is 104 cm³/mol. The molecule has 0 aliphatic carbocycles. The first kappa shape index (κ1) is 19.3. The molecule has 2 aromatic carbocycles. The molecular weight excluding hydrogens is 347 g/mol. The van der Waals surface area contributed by atoms with Gasteiger partial charge in [0, 0.05) is 45.3 Å². The molecule has 27 heavy (non-hydrogen) atoms. The van der Waals surface area contributed by atoms with Crippen molar-refractivity contribution >= 4 is 11.4 Å². The number of likely N-dealkylation sites (N-methyl/N-ethyl adjacent to an activating group) is 1. The molecule has 0 saturated carbocycles. The second-order valence-corrected chi connectivity index (χ2v) is 6.75. The topological polar surface area (TPSA) is 61.6 Å². The van der Waals surface area contributed by atoms with Crippen LogP contribution in [0.5, 0.6) is 0 Å². The van der Waals surface area contributed by atoms with Crippen LogP contribution >= 0.6 is 0 Å². The number of non-ortho nitro benzene ring substituents is 1. The van der Waals surface area contributed by atoms with Crippen LogP contribution in [0.25, 0.3) is 0 Å². The van der Waals surface area contributed by atoms with Crippen LogP contribution in [0.4, 0.5) is 15.8 Å². The summed E-state index contributed by atoms with van der Waals surface area (Å²) in [6.07, 6.45) is 0. The highest BCUT2D eigenvalue weighted by molar-refractivity contribution is 5.50. The fourth-order valence-corrected chi connectivity index (χ4v) is 3.34. The summed E-state index contributed by atoms with van der Waals surface area (Å²) in [5.41, 5.74) is 2.35. The zero-order valence-electron chi connectivity index (χ0n) is 15.5. The van der Waals surface area contributed by atoms with Crippen molar-refractivity contribution in [2.75, 3.05) is 38.0 Å². The second kappa shape index (κ2) is 8.92. The molecule has 1 heterocycles. The smallest absolute Gasteiger partial charge is 0.272 e. The number of nitrogens with zero attached hydrogens (tertiary/aromatic N) is 3. The molecule has 1 fully saturated rings. The van der Waals surface area contributed by atoms with Crippen molar-refractivity contribution < 1.29 is 9.31 Å². The Morgan fingerprint density at radius 3 is 2.37 bits per heavy atom. The number of nitrogens with one attached hydrogen (secondary N) is 1. The van der Waals surface area contributed by atoms with Crippen LogP contribution in [0, 0.1) is 15.9 Å². The summed E-state index contributed by atoms with van der Waals surface area (Å²) in [6.45, 7) is 8.90. The van der Waals surface area contributed by atoms with E-state index in [-0.39, 0.29) is 11.4 Å². The number of hydrogen-bond donors (Lipinski definition) is 1. The summed E-state index contributed by atoms with van der Waals surface area (Å²) in [5.74, 6) is -0.614. The van der Waals surface area contributed by atoms with E-state index in [1.165, 1.54) is 17.7 Å². The summed E-state index contributed by atoms with van der Waals surface area (Å²) in [4.78, 5) is 15.0. The number of halogens is 1. The molecule has 0 amide bonds. The van der Waals surface area contributed by atoms with Crippen molar-refractivity contribution in [1.82, 2.24) is 9.80 Å². The number of nitro benzene ring substituents is 1. The van der Waals surface area contributed by atoms with Crippen LogP contribution in [0.1, 0.15) is 18.1 Å². The third kappa shape index (κ3) is 5.02. The molecule has 1 aliphatic heterocycles. The molecule has 0 atom stereocenters. The highest BCUT2D eigenvalue weighted by Gasteiger charge is 2.17. The predicted octanol–water partition coefficient (Wildman–Crippen LogP) is 3.48. The molecule has 3 rings (SSSR count). The Labute approximate surface area is 158 Å². The van der Waals surface area contributed by atoms with E-state index in [2.05, 4.69) is 28.1 Å². The largest absolute Gasteiger partial charge is 0.379 e. The molecule has 0 radical (unpaired) electrons. The summed E-state index contributed by atoms with van der Waals surface area (Å²) in [6, 6.07) is 11.8. The lowest BCUT2D eigenvalue weighted by Gasteiger charge is -2.34. The monoisotopic (exact) mass is 372 g/mol. The third-order valence-electron chi connectivity index (χ3n) is 5.06. The van der Waals surface area contributed by atoms with Crippen molar-refractivity contribution in [3.05, 3.63) is 69.5 Å². The van der Waals surface area contributed by atoms with Gasteiger partial charge >= 0.3 is 0 Å². The molecule has 1 aliphatic rings. The summed E-state index contributed by atoms with van der Waals surface area (Å²) >= 11 is 0. The van der Waals surface area contributed by atoms with E-state index >= 15 is 0 Å². The SMILES string of the molecule is CCN1CCN(Cc2ccccc2CNc2ccc([N+](=O)[O-])cc2F)CC1. The van der Waals surface area contributed by atoms with Gasteiger partial charge in [-0.15, -0.1) is 0 Å². The zero-order chi connectivity index (χ0) is 19.2. The van der Waals surface area contributed by atoms with Gasteiger partial charge in [-0.25, -0.2) is 4.39 Å². The molecule has 0 aromatic heterocycles. The lowest BCUT2D eigenvalue weighted by molar-refractivity contribution is -0.385. The van der Waals surface area contributed by atoms with Crippen molar-refractivity contribution in [3.8, 4) is 0 Å². The normalized spacial score (nSPS) is 15.6. The number of anilines is 1. The third-order valence-corrected chi connectivity index (χ3v) is 5.06. The number of benzene rings is 2. The molecule has 144 valence electrons. The Morgan fingerprint density at radius 1 is 1.07 bits per heavy atom. The molecule has 7 heteroatoms. The lowest BCUT2D eigenvalue weighted by Crippen LogP contribution is -2.45. The van der Waals surface area contributed by atoms with E-state index < -0.39 is 10.7 Å². The van der Waals surface area contributed by atoms with Crippen molar-refractivity contribution in [1.29, 1.82) is 0 Å². The van der Waals surface area contributed by atoms with Crippen LogP contribution in [0.3, 0.4) is 0 Å². The van der Waals surface area contributed by atoms with E-state index in [0.29, 0.717) is 6.54 Å². The van der Waals surface area contributed by atoms with Crippen LogP contribution < -0.4 is 5.32 Å². The summed E-state index contributed by atoms with van der Waals surface area (Å²) in [5, 5.41) is 13.8. The molecule has 2 aromatic rings. The van der Waals surface area contributed by atoms with Gasteiger partial charge in [-0.3, -0.25) is 15.0 Å². The first-order valence-corrected chi connectivity index (χ1v) is 9.26. The first-order valence-electron chi connectivity index (χ1n) is 9.26. The Morgan fingerprint density at radius 2 is 1.74 bits per heavy atom. The van der Waals surface area contributed by atoms with Crippen LogP contribution in [-0.2, 0) is 13.1 Å². The van der Waals surface area contributed by atoms with Gasteiger partial charge in [-0.2, -0.15) is 0 Å². The Hall–Kier alpha value is -2.51. The van der Waals surface area contributed by atoms with Crippen LogP contribution in [0.15, 0.2) is 42.5 Å². The number of nitro groups is 1. The van der Waals surface area contributed by atoms with Crippen molar-refractivity contribution in [2.24, 2.45) is 0 Å². The maximum absolute atomic E-state index is 14.1. The van der Waals surface area contributed by atoms with E-state index in [9.17, 15) is 14.5 Å². The molecule has 0 unspecified atom stereocenters. The van der Waals surface area contributed by atoms with Crippen molar-refractivity contribution in [3.63, 3.8) is 0 Å². The van der Waals surface area contributed by atoms with Crippen LogP contribution in [-0.4, -0.2) is 47.4 Å². The van der Waals surface area contributed by atoms with Gasteiger partial charge in [0.25, 0.3) is 5.69 Å². The maximum atomic E-state index is 14.1. The molecule has 1 N–H and O–H groups in total. The van der Waals surface area contributed by atoms with Crippen LogP contribution in [0.2, 0.25) is 0 Å². The van der Waals surface area contributed by atoms with E-state index in [1.54, 1.807) is 0 Å². The van der Waals surface area contributed by atoms with E-state index in [1.807, 2.05) is 18.2 Å². The van der Waals surface area contributed by atoms with Gasteiger partial charge in [0.15, 0.2) is 5.82 Å². The fourth-order valence-electron chi connectivity index (χ4n) is 3.34. The molecule has 1 saturated heterocycles. The minimum absolute atomic E-state index is 0.246. The number of hydrogen-bond acceptors (Lipinski definition) is 5. The van der Waals surface area contributed by atoms with Gasteiger partial charge < -0.3 is 10.2 Å². The van der Waals surface area contributed by atoms with Gasteiger partial charge in [-0.05, 0) is 23.7 Å². The van der Waals surface area contributed by atoms with Gasteiger partial charge in [0.05, 0.1) is 16.7 Å². The minimum Gasteiger partial charge on any atom is -0.379 e. The zero-order valence-corrected chi connectivity index (χ0v) is 15.5. The Kier molecular flexibility index (Phi) is 6.36. The van der Waals surface area contributed by atoms with Crippen molar-refractivity contribution in [2.45, 2.75) is 20.0 Å². The van der Waals surface area contributed by atoms with E-state index in [4.69, 9.17) is 0 Å². The summed E-state index contributed by atoms with van der Waals surface area (Å²) < 4.78 is 14.1. The highest BCUT2D eigenvalue weighted by Crippen LogP contribution is 2.22. The number of piperazine rings is 1. The number of rotatable bonds is 7.